The third-order valence-corrected chi connectivity index (χ3v) is 7.28. The van der Waals surface area contributed by atoms with Crippen LogP contribution in [0.25, 0.3) is 0 Å². The minimum Gasteiger partial charge on any atom is -0.508 e. The van der Waals surface area contributed by atoms with E-state index < -0.39 is 6.04 Å². The number of nitrogens with zero attached hydrogens (tertiary/aromatic N) is 5. The standard InChI is InChI=1S/C28H37N5O6/c1-18(2)21-15-25(38-4)22(14-24(21)35)27-29-16-23(19-6-8-20(34)9-7-19)33(27)28(37)32-12-10-31(11-13-32)17-26(36)30(3)39-5/h6-9,14-15,18,23,34-35H,10-13,16-17H2,1-5H3/t23-/m0/s1. The van der Waals surface area contributed by atoms with Gasteiger partial charge in [-0.25, -0.2) is 9.86 Å². The van der Waals surface area contributed by atoms with Crippen molar-refractivity contribution in [2.75, 3.05) is 60.5 Å². The number of phenolic OH excluding ortho intramolecular Hbond substituents is 2. The number of aromatic hydroxyl groups is 2. The van der Waals surface area contributed by atoms with Gasteiger partial charge in [0.25, 0.3) is 5.91 Å². The Hall–Kier alpha value is -3.83. The summed E-state index contributed by atoms with van der Waals surface area (Å²) in [4.78, 5) is 41.5. The first kappa shape index (κ1) is 28.2. The van der Waals surface area contributed by atoms with E-state index in [1.54, 1.807) is 60.4 Å². The monoisotopic (exact) mass is 539 g/mol. The number of carbonyl (C=O) groups excluding carboxylic acids is 2. The average molecular weight is 540 g/mol. The molecule has 0 bridgehead atoms. The van der Waals surface area contributed by atoms with E-state index in [1.165, 1.54) is 12.2 Å². The number of hydrogen-bond acceptors (Lipinski definition) is 8. The molecule has 2 aliphatic rings. The highest BCUT2D eigenvalue weighted by molar-refractivity contribution is 6.10. The van der Waals surface area contributed by atoms with Crippen LogP contribution >= 0.6 is 0 Å². The van der Waals surface area contributed by atoms with E-state index >= 15 is 0 Å². The number of likely N-dealkylation sites (N-methyl/N-ethyl adjacent to an activating group) is 1. The van der Waals surface area contributed by atoms with Crippen molar-refractivity contribution in [3.63, 3.8) is 0 Å². The third kappa shape index (κ3) is 5.94. The largest absolute Gasteiger partial charge is 0.508 e. The summed E-state index contributed by atoms with van der Waals surface area (Å²) in [5.41, 5.74) is 2.10. The van der Waals surface area contributed by atoms with Gasteiger partial charge < -0.3 is 19.8 Å². The Bertz CT molecular complexity index is 1220. The number of amides is 3. The van der Waals surface area contributed by atoms with E-state index in [4.69, 9.17) is 14.6 Å². The summed E-state index contributed by atoms with van der Waals surface area (Å²) in [6.45, 7) is 6.43. The fraction of sp³-hybridized carbons (Fsp3) is 0.464. The number of methoxy groups -OCH3 is 1. The summed E-state index contributed by atoms with van der Waals surface area (Å²) in [5, 5.41) is 21.8. The van der Waals surface area contributed by atoms with Crippen molar-refractivity contribution >= 4 is 17.8 Å². The molecular formula is C28H37N5O6. The highest BCUT2D eigenvalue weighted by Crippen LogP contribution is 2.38. The molecule has 3 amide bonds. The molecule has 11 nitrogen and oxygen atoms in total. The van der Waals surface area contributed by atoms with Crippen molar-refractivity contribution in [2.45, 2.75) is 25.8 Å². The predicted octanol–water partition coefficient (Wildman–Crippen LogP) is 2.79. The van der Waals surface area contributed by atoms with Crippen molar-refractivity contribution < 1.29 is 29.4 Å². The molecule has 1 fully saturated rings. The summed E-state index contributed by atoms with van der Waals surface area (Å²) in [7, 11) is 4.57. The molecule has 11 heteroatoms. The van der Waals surface area contributed by atoms with Gasteiger partial charge in [0.05, 0.1) is 38.9 Å². The summed E-state index contributed by atoms with van der Waals surface area (Å²) >= 11 is 0. The van der Waals surface area contributed by atoms with Gasteiger partial charge in [-0.1, -0.05) is 26.0 Å². The highest BCUT2D eigenvalue weighted by Gasteiger charge is 2.39. The molecule has 0 unspecified atom stereocenters. The molecule has 2 heterocycles. The van der Waals surface area contributed by atoms with E-state index in [1.807, 2.05) is 18.7 Å². The Morgan fingerprint density at radius 1 is 1.08 bits per heavy atom. The molecule has 2 N–H and O–H groups in total. The molecule has 0 aliphatic carbocycles. The Morgan fingerprint density at radius 3 is 2.33 bits per heavy atom. The van der Waals surface area contributed by atoms with Crippen LogP contribution < -0.4 is 4.74 Å². The molecule has 0 spiro atoms. The van der Waals surface area contributed by atoms with E-state index in [0.717, 1.165) is 11.1 Å². The maximum Gasteiger partial charge on any atom is 0.326 e. The minimum atomic E-state index is -0.403. The van der Waals surface area contributed by atoms with Crippen LogP contribution in [-0.2, 0) is 9.63 Å². The average Bonchev–Trinajstić information content (AvgIpc) is 3.37. The molecule has 0 radical (unpaired) electrons. The first-order valence-electron chi connectivity index (χ1n) is 13.0. The minimum absolute atomic E-state index is 0.0767. The fourth-order valence-electron chi connectivity index (χ4n) is 4.90. The summed E-state index contributed by atoms with van der Waals surface area (Å²) in [6, 6.07) is 9.53. The maximum absolute atomic E-state index is 14.1. The molecule has 0 saturated carbocycles. The van der Waals surface area contributed by atoms with Crippen molar-refractivity contribution in [3.8, 4) is 17.2 Å². The van der Waals surface area contributed by atoms with Gasteiger partial charge in [0, 0.05) is 38.8 Å². The lowest BCUT2D eigenvalue weighted by atomic mass is 9.98. The van der Waals surface area contributed by atoms with Crippen LogP contribution in [0.2, 0.25) is 0 Å². The number of hydroxylamine groups is 2. The number of phenols is 2. The molecule has 2 aromatic carbocycles. The van der Waals surface area contributed by atoms with Crippen LogP contribution in [0.1, 0.15) is 42.5 Å². The van der Waals surface area contributed by atoms with Crippen molar-refractivity contribution in [2.24, 2.45) is 4.99 Å². The molecule has 1 saturated heterocycles. The van der Waals surface area contributed by atoms with Crippen molar-refractivity contribution in [1.82, 2.24) is 19.8 Å². The van der Waals surface area contributed by atoms with Crippen LogP contribution in [0.4, 0.5) is 4.79 Å². The number of amidine groups is 1. The maximum atomic E-state index is 14.1. The van der Waals surface area contributed by atoms with Crippen molar-refractivity contribution in [3.05, 3.63) is 53.1 Å². The third-order valence-electron chi connectivity index (χ3n) is 7.28. The molecule has 4 rings (SSSR count). The topological polar surface area (TPSA) is 118 Å². The van der Waals surface area contributed by atoms with Crippen LogP contribution in [0, 0.1) is 0 Å². The molecule has 1 atom stereocenters. The summed E-state index contributed by atoms with van der Waals surface area (Å²) < 4.78 is 5.68. The van der Waals surface area contributed by atoms with Gasteiger partial charge in [-0.15, -0.1) is 0 Å². The predicted molar refractivity (Wildman–Crippen MR) is 146 cm³/mol. The summed E-state index contributed by atoms with van der Waals surface area (Å²) in [6.07, 6.45) is 0. The Kier molecular flexibility index (Phi) is 8.61. The zero-order valence-electron chi connectivity index (χ0n) is 23.1. The quantitative estimate of drug-likeness (QED) is 0.520. The van der Waals surface area contributed by atoms with E-state index in [2.05, 4.69) is 0 Å². The molecular weight excluding hydrogens is 502 g/mol. The number of rotatable bonds is 7. The number of hydrogen-bond donors (Lipinski definition) is 2. The first-order valence-corrected chi connectivity index (χ1v) is 13.0. The van der Waals surface area contributed by atoms with Gasteiger partial charge in [0.15, 0.2) is 0 Å². The summed E-state index contributed by atoms with van der Waals surface area (Å²) in [5.74, 6) is 1.10. The van der Waals surface area contributed by atoms with Crippen molar-refractivity contribution in [1.29, 1.82) is 0 Å². The van der Waals surface area contributed by atoms with E-state index in [0.29, 0.717) is 49.9 Å². The highest BCUT2D eigenvalue weighted by atomic mass is 16.7. The molecule has 2 aromatic rings. The van der Waals surface area contributed by atoms with Crippen LogP contribution in [0.5, 0.6) is 17.2 Å². The second kappa shape index (κ2) is 11.9. The number of carbonyl (C=O) groups is 2. The van der Waals surface area contributed by atoms with Crippen LogP contribution in [0.3, 0.4) is 0 Å². The van der Waals surface area contributed by atoms with E-state index in [-0.39, 0.29) is 35.9 Å². The Labute approximate surface area is 228 Å². The second-order valence-corrected chi connectivity index (χ2v) is 10.0. The van der Waals surface area contributed by atoms with Crippen LogP contribution in [0.15, 0.2) is 41.4 Å². The Balaban J connectivity index is 1.62. The number of ether oxygens (including phenoxy) is 1. The molecule has 39 heavy (non-hydrogen) atoms. The second-order valence-electron chi connectivity index (χ2n) is 10.0. The van der Waals surface area contributed by atoms with E-state index in [9.17, 15) is 19.8 Å². The molecule has 210 valence electrons. The van der Waals surface area contributed by atoms with Crippen LogP contribution in [-0.4, -0.2) is 108 Å². The molecule has 0 aromatic heterocycles. The lowest BCUT2D eigenvalue weighted by Crippen LogP contribution is -2.55. The van der Waals surface area contributed by atoms with Gasteiger partial charge >= 0.3 is 6.03 Å². The van der Waals surface area contributed by atoms with Gasteiger partial charge in [-0.2, -0.15) is 0 Å². The number of piperazine rings is 1. The SMILES string of the molecule is COc1cc(C(C)C)c(O)cc1C1=NC[C@@H](c2ccc(O)cc2)N1C(=O)N1CCN(CC(=O)N(C)OC)CC1. The number of benzene rings is 2. The number of aliphatic imine (C=N–C) groups is 1. The first-order chi connectivity index (χ1) is 18.6. The zero-order chi connectivity index (χ0) is 28.3. The van der Waals surface area contributed by atoms with Gasteiger partial charge in [-0.3, -0.25) is 24.4 Å². The lowest BCUT2D eigenvalue weighted by Gasteiger charge is -2.38. The Morgan fingerprint density at radius 2 is 1.74 bits per heavy atom. The fourth-order valence-corrected chi connectivity index (χ4v) is 4.90. The lowest BCUT2D eigenvalue weighted by molar-refractivity contribution is -0.170. The number of urea groups is 1. The molecule has 2 aliphatic heterocycles. The van der Waals surface area contributed by atoms with Gasteiger partial charge in [0.2, 0.25) is 0 Å². The van der Waals surface area contributed by atoms with Gasteiger partial charge in [-0.05, 0) is 35.7 Å². The zero-order valence-corrected chi connectivity index (χ0v) is 23.1. The van der Waals surface area contributed by atoms with Gasteiger partial charge in [0.1, 0.15) is 23.1 Å². The smallest absolute Gasteiger partial charge is 0.326 e. The normalized spacial score (nSPS) is 17.9.